The lowest BCUT2D eigenvalue weighted by Gasteiger charge is -2.42. The molecule has 0 bridgehead atoms. The Balaban J connectivity index is 1.76. The van der Waals surface area contributed by atoms with Gasteiger partial charge in [0.25, 0.3) is 0 Å². The van der Waals surface area contributed by atoms with Gasteiger partial charge in [-0.2, -0.15) is 0 Å². The number of benzene rings is 1. The van der Waals surface area contributed by atoms with E-state index in [0.29, 0.717) is 6.04 Å². The lowest BCUT2D eigenvalue weighted by molar-refractivity contribution is 0.153. The van der Waals surface area contributed by atoms with Crippen molar-refractivity contribution in [1.82, 2.24) is 10.6 Å². The summed E-state index contributed by atoms with van der Waals surface area (Å²) in [6.45, 7) is 19.1. The van der Waals surface area contributed by atoms with Crippen molar-refractivity contribution in [3.63, 3.8) is 0 Å². The van der Waals surface area contributed by atoms with Gasteiger partial charge in [-0.1, -0.05) is 57.5 Å². The van der Waals surface area contributed by atoms with Gasteiger partial charge in [-0.15, -0.1) is 0 Å². The van der Waals surface area contributed by atoms with Gasteiger partial charge in [0, 0.05) is 42.5 Å². The van der Waals surface area contributed by atoms with E-state index in [1.54, 1.807) is 0 Å². The molecule has 1 aliphatic carbocycles. The van der Waals surface area contributed by atoms with Crippen molar-refractivity contribution >= 4 is 5.69 Å². The summed E-state index contributed by atoms with van der Waals surface area (Å²) in [6.07, 6.45) is 9.31. The van der Waals surface area contributed by atoms with Crippen LogP contribution in [-0.2, 0) is 0 Å². The van der Waals surface area contributed by atoms with E-state index in [1.807, 2.05) is 0 Å². The molecule has 1 aromatic carbocycles. The first-order chi connectivity index (χ1) is 14.2. The number of nitrogens with one attached hydrogen (secondary N) is 3. The Morgan fingerprint density at radius 3 is 2.20 bits per heavy atom. The van der Waals surface area contributed by atoms with Crippen molar-refractivity contribution in [2.45, 2.75) is 67.3 Å². The van der Waals surface area contributed by atoms with Gasteiger partial charge in [0.2, 0.25) is 0 Å². The highest BCUT2D eigenvalue weighted by Crippen LogP contribution is 2.35. The SMILES string of the molecule is Cc1cc(C)c(NCC(C)(CNC2C(C)CC(C)CC2C)C2=CC=CCN2)c(C)c1. The number of aryl methyl sites for hydroxylation is 3. The van der Waals surface area contributed by atoms with E-state index in [0.717, 1.165) is 37.4 Å². The fraction of sp³-hybridized carbons (Fsp3) is 0.630. The van der Waals surface area contributed by atoms with Crippen molar-refractivity contribution in [2.75, 3.05) is 25.0 Å². The molecule has 1 aliphatic heterocycles. The van der Waals surface area contributed by atoms with Crippen LogP contribution in [0.2, 0.25) is 0 Å². The van der Waals surface area contributed by atoms with Crippen LogP contribution in [0.4, 0.5) is 5.69 Å². The van der Waals surface area contributed by atoms with Crippen molar-refractivity contribution in [2.24, 2.45) is 23.2 Å². The van der Waals surface area contributed by atoms with Crippen LogP contribution in [0.3, 0.4) is 0 Å². The molecule has 0 aromatic heterocycles. The highest BCUT2D eigenvalue weighted by molar-refractivity contribution is 5.58. The summed E-state index contributed by atoms with van der Waals surface area (Å²) < 4.78 is 0. The largest absolute Gasteiger partial charge is 0.384 e. The number of dihydropyridines is 1. The van der Waals surface area contributed by atoms with Crippen LogP contribution in [0.5, 0.6) is 0 Å². The lowest BCUT2D eigenvalue weighted by atomic mass is 9.73. The Bertz CT molecular complexity index is 758. The zero-order valence-electron chi connectivity index (χ0n) is 20.2. The van der Waals surface area contributed by atoms with Gasteiger partial charge in [-0.05, 0) is 68.6 Å². The maximum atomic E-state index is 4.01. The fourth-order valence-electron chi connectivity index (χ4n) is 5.84. The van der Waals surface area contributed by atoms with E-state index in [2.05, 4.69) is 94.8 Å². The molecule has 3 unspecified atom stereocenters. The van der Waals surface area contributed by atoms with E-state index in [1.165, 1.54) is 40.9 Å². The van der Waals surface area contributed by atoms with E-state index in [4.69, 9.17) is 0 Å². The quantitative estimate of drug-likeness (QED) is 0.538. The van der Waals surface area contributed by atoms with E-state index >= 15 is 0 Å². The first kappa shape index (κ1) is 22.9. The zero-order chi connectivity index (χ0) is 21.9. The molecule has 3 rings (SSSR count). The summed E-state index contributed by atoms with van der Waals surface area (Å²) >= 11 is 0. The van der Waals surface area contributed by atoms with Gasteiger partial charge >= 0.3 is 0 Å². The number of hydrogen-bond donors (Lipinski definition) is 3. The highest BCUT2D eigenvalue weighted by Gasteiger charge is 2.35. The number of anilines is 1. The molecule has 0 amide bonds. The second-order valence-electron chi connectivity index (χ2n) is 10.5. The average molecular weight is 410 g/mol. The third-order valence-electron chi connectivity index (χ3n) is 7.29. The third-order valence-corrected chi connectivity index (χ3v) is 7.29. The monoisotopic (exact) mass is 409 g/mol. The summed E-state index contributed by atoms with van der Waals surface area (Å²) in [5.41, 5.74) is 6.60. The first-order valence-corrected chi connectivity index (χ1v) is 11.9. The molecule has 1 fully saturated rings. The second kappa shape index (κ2) is 9.60. The molecular formula is C27H43N3. The minimum Gasteiger partial charge on any atom is -0.384 e. The van der Waals surface area contributed by atoms with E-state index < -0.39 is 0 Å². The fourth-order valence-corrected chi connectivity index (χ4v) is 5.84. The maximum Gasteiger partial charge on any atom is 0.0400 e. The molecule has 0 spiro atoms. The van der Waals surface area contributed by atoms with Crippen LogP contribution in [0.15, 0.2) is 36.1 Å². The lowest BCUT2D eigenvalue weighted by Crippen LogP contribution is -2.51. The summed E-state index contributed by atoms with van der Waals surface area (Å²) in [7, 11) is 0. The first-order valence-electron chi connectivity index (χ1n) is 11.9. The van der Waals surface area contributed by atoms with Gasteiger partial charge in [0.05, 0.1) is 0 Å². The normalized spacial score (nSPS) is 28.4. The molecule has 1 aromatic rings. The van der Waals surface area contributed by atoms with Crippen molar-refractivity contribution in [3.05, 3.63) is 52.7 Å². The molecule has 166 valence electrons. The molecular weight excluding hydrogens is 366 g/mol. The minimum absolute atomic E-state index is 0.00295. The Morgan fingerprint density at radius 2 is 1.63 bits per heavy atom. The Hall–Kier alpha value is -1.74. The predicted octanol–water partition coefficient (Wildman–Crippen LogP) is 5.73. The Morgan fingerprint density at radius 1 is 1.00 bits per heavy atom. The van der Waals surface area contributed by atoms with Gasteiger partial charge in [0.1, 0.15) is 0 Å². The molecule has 1 heterocycles. The zero-order valence-corrected chi connectivity index (χ0v) is 20.2. The summed E-state index contributed by atoms with van der Waals surface area (Å²) in [6, 6.07) is 5.15. The van der Waals surface area contributed by atoms with E-state index in [-0.39, 0.29) is 5.41 Å². The van der Waals surface area contributed by atoms with Gasteiger partial charge in [-0.3, -0.25) is 0 Å². The molecule has 3 N–H and O–H groups in total. The highest BCUT2D eigenvalue weighted by atomic mass is 15.0. The van der Waals surface area contributed by atoms with Gasteiger partial charge < -0.3 is 16.0 Å². The smallest absolute Gasteiger partial charge is 0.0400 e. The summed E-state index contributed by atoms with van der Waals surface area (Å²) in [4.78, 5) is 0. The van der Waals surface area contributed by atoms with Gasteiger partial charge in [0.15, 0.2) is 0 Å². The van der Waals surface area contributed by atoms with E-state index in [9.17, 15) is 0 Å². The Kier molecular flexibility index (Phi) is 7.34. The second-order valence-corrected chi connectivity index (χ2v) is 10.5. The van der Waals surface area contributed by atoms with Crippen LogP contribution in [-0.4, -0.2) is 25.7 Å². The van der Waals surface area contributed by atoms with Crippen molar-refractivity contribution < 1.29 is 0 Å². The van der Waals surface area contributed by atoms with Crippen LogP contribution in [0.25, 0.3) is 0 Å². The third kappa shape index (κ3) is 5.29. The molecule has 3 heteroatoms. The van der Waals surface area contributed by atoms with Crippen LogP contribution in [0.1, 0.15) is 57.2 Å². The van der Waals surface area contributed by atoms with Crippen LogP contribution >= 0.6 is 0 Å². The average Bonchev–Trinajstić information content (AvgIpc) is 2.67. The van der Waals surface area contributed by atoms with Crippen LogP contribution < -0.4 is 16.0 Å². The molecule has 30 heavy (non-hydrogen) atoms. The minimum atomic E-state index is -0.00295. The van der Waals surface area contributed by atoms with Gasteiger partial charge in [-0.25, -0.2) is 0 Å². The van der Waals surface area contributed by atoms with Crippen LogP contribution in [0, 0.1) is 43.9 Å². The molecule has 3 atom stereocenters. The molecule has 0 saturated heterocycles. The standard InChI is InChI=1S/C27H43N3/c1-18-12-20(3)25(21(4)13-18)29-16-27(7,24-10-8-9-11-28-24)17-30-26-22(5)14-19(2)15-23(26)6/h8-10,12-13,19,22-23,26,28-30H,11,14-17H2,1-7H3. The molecule has 0 radical (unpaired) electrons. The summed E-state index contributed by atoms with van der Waals surface area (Å²) in [5.74, 6) is 2.31. The number of rotatable bonds is 7. The molecule has 2 aliphatic rings. The maximum absolute atomic E-state index is 4.01. The predicted molar refractivity (Wildman–Crippen MR) is 131 cm³/mol. The Labute approximate surface area is 184 Å². The van der Waals surface area contributed by atoms with Crippen molar-refractivity contribution in [3.8, 4) is 0 Å². The topological polar surface area (TPSA) is 36.1 Å². The molecule has 3 nitrogen and oxygen atoms in total. The van der Waals surface area contributed by atoms with Crippen molar-refractivity contribution in [1.29, 1.82) is 0 Å². The number of allylic oxidation sites excluding steroid dienone is 2. The number of hydrogen-bond acceptors (Lipinski definition) is 3. The molecule has 1 saturated carbocycles. The summed E-state index contributed by atoms with van der Waals surface area (Å²) in [5, 5.41) is 11.5.